The number of anilines is 1. The number of halogens is 1. The quantitative estimate of drug-likeness (QED) is 0.552. The number of fused-ring (bicyclic) bond motifs is 1. The van der Waals surface area contributed by atoms with E-state index in [-0.39, 0.29) is 6.54 Å². The second-order valence-corrected chi connectivity index (χ2v) is 6.46. The number of aromatic nitrogens is 5. The van der Waals surface area contributed by atoms with Gasteiger partial charge < -0.3 is 10.4 Å². The van der Waals surface area contributed by atoms with Crippen LogP contribution < -0.4 is 5.32 Å². The van der Waals surface area contributed by atoms with Crippen molar-refractivity contribution < 1.29 is 5.11 Å². The van der Waals surface area contributed by atoms with E-state index in [1.807, 2.05) is 31.3 Å². The molecule has 1 unspecified atom stereocenters. The fraction of sp³-hybridized carbons (Fsp3) is 0.158. The van der Waals surface area contributed by atoms with Crippen LogP contribution in [0.4, 0.5) is 5.82 Å². The van der Waals surface area contributed by atoms with Crippen LogP contribution >= 0.6 is 11.6 Å². The predicted molar refractivity (Wildman–Crippen MR) is 104 cm³/mol. The molecule has 1 aromatic carbocycles. The van der Waals surface area contributed by atoms with Gasteiger partial charge in [0.05, 0.1) is 17.7 Å². The number of hydrogen-bond donors (Lipinski definition) is 2. The molecular weight excluding hydrogens is 364 g/mol. The largest absolute Gasteiger partial charge is 0.387 e. The molecule has 2 N–H and O–H groups in total. The zero-order chi connectivity index (χ0) is 18.8. The molecule has 0 amide bonds. The number of nitrogens with zero attached hydrogens (tertiary/aromatic N) is 5. The van der Waals surface area contributed by atoms with Crippen molar-refractivity contribution in [3.8, 4) is 11.4 Å². The second kappa shape index (κ2) is 7.30. The molecule has 0 saturated carbocycles. The summed E-state index contributed by atoms with van der Waals surface area (Å²) in [5.41, 5.74) is 2.21. The highest BCUT2D eigenvalue weighted by atomic mass is 35.5. The van der Waals surface area contributed by atoms with Gasteiger partial charge in [-0.3, -0.25) is 9.67 Å². The van der Waals surface area contributed by atoms with Gasteiger partial charge in [-0.1, -0.05) is 29.8 Å². The Bertz CT molecular complexity index is 1080. The molecule has 7 nitrogen and oxygen atoms in total. The van der Waals surface area contributed by atoms with Crippen LogP contribution in [0.15, 0.2) is 55.0 Å². The second-order valence-electron chi connectivity index (χ2n) is 6.06. The minimum atomic E-state index is -0.773. The van der Waals surface area contributed by atoms with Gasteiger partial charge in [0.15, 0.2) is 11.5 Å². The Balaban J connectivity index is 1.67. The van der Waals surface area contributed by atoms with Gasteiger partial charge in [-0.25, -0.2) is 9.97 Å². The maximum absolute atomic E-state index is 10.5. The molecule has 136 valence electrons. The molecular formula is C19H17ClN6O. The first kappa shape index (κ1) is 17.4. The Kier molecular flexibility index (Phi) is 4.70. The van der Waals surface area contributed by atoms with Crippen molar-refractivity contribution in [2.24, 2.45) is 7.05 Å². The van der Waals surface area contributed by atoms with Crippen LogP contribution in [0.2, 0.25) is 5.02 Å². The van der Waals surface area contributed by atoms with Crippen LogP contribution in [0, 0.1) is 0 Å². The molecule has 0 aliphatic rings. The van der Waals surface area contributed by atoms with Crippen LogP contribution in [0.3, 0.4) is 0 Å². The predicted octanol–water partition coefficient (Wildman–Crippen LogP) is 3.22. The number of aliphatic hydroxyl groups is 1. The minimum Gasteiger partial charge on any atom is -0.387 e. The van der Waals surface area contributed by atoms with Gasteiger partial charge in [-0.15, -0.1) is 0 Å². The van der Waals surface area contributed by atoms with Crippen molar-refractivity contribution in [2.45, 2.75) is 6.10 Å². The number of benzene rings is 1. The van der Waals surface area contributed by atoms with E-state index in [0.717, 1.165) is 10.9 Å². The van der Waals surface area contributed by atoms with Crippen molar-refractivity contribution in [2.75, 3.05) is 11.9 Å². The molecule has 3 heterocycles. The number of rotatable bonds is 5. The van der Waals surface area contributed by atoms with Crippen LogP contribution in [-0.4, -0.2) is 36.4 Å². The van der Waals surface area contributed by atoms with Crippen LogP contribution in [-0.2, 0) is 7.05 Å². The lowest BCUT2D eigenvalue weighted by Crippen LogP contribution is -2.14. The van der Waals surface area contributed by atoms with Crippen LogP contribution in [0.25, 0.3) is 22.4 Å². The van der Waals surface area contributed by atoms with Crippen molar-refractivity contribution in [1.82, 2.24) is 24.7 Å². The van der Waals surface area contributed by atoms with Gasteiger partial charge in [0, 0.05) is 42.1 Å². The zero-order valence-corrected chi connectivity index (χ0v) is 15.3. The molecule has 3 aromatic heterocycles. The fourth-order valence-electron chi connectivity index (χ4n) is 2.84. The minimum absolute atomic E-state index is 0.251. The van der Waals surface area contributed by atoms with Crippen molar-refractivity contribution >= 4 is 28.5 Å². The topological polar surface area (TPSA) is 88.8 Å². The van der Waals surface area contributed by atoms with E-state index < -0.39 is 6.10 Å². The standard InChI is InChI=1S/C19H17ClN6O/c1-26-19-14(10-23-26)18(24-17(25-19)12-6-8-21-9-7-12)22-11-16(27)13-4-2-3-5-15(13)20/h2-10,16,27H,11H2,1H3,(H,22,24,25). The third-order valence-electron chi connectivity index (χ3n) is 4.26. The summed E-state index contributed by atoms with van der Waals surface area (Å²) < 4.78 is 1.69. The van der Waals surface area contributed by atoms with Crippen molar-refractivity contribution in [1.29, 1.82) is 0 Å². The van der Waals surface area contributed by atoms with Gasteiger partial charge in [-0.05, 0) is 18.2 Å². The summed E-state index contributed by atoms with van der Waals surface area (Å²) in [6.45, 7) is 0.251. The lowest BCUT2D eigenvalue weighted by atomic mass is 10.1. The van der Waals surface area contributed by atoms with Gasteiger partial charge in [0.1, 0.15) is 5.82 Å². The first-order valence-corrected chi connectivity index (χ1v) is 8.78. The highest BCUT2D eigenvalue weighted by Gasteiger charge is 2.15. The normalized spacial score (nSPS) is 12.3. The van der Waals surface area contributed by atoms with Gasteiger partial charge in [-0.2, -0.15) is 5.10 Å². The number of aryl methyl sites for hydroxylation is 1. The molecule has 8 heteroatoms. The Labute approximate surface area is 160 Å². The summed E-state index contributed by atoms with van der Waals surface area (Å²) in [6, 6.07) is 10.9. The van der Waals surface area contributed by atoms with E-state index in [1.54, 1.807) is 35.4 Å². The van der Waals surface area contributed by atoms with Crippen molar-refractivity contribution in [3.63, 3.8) is 0 Å². The molecule has 0 fully saturated rings. The number of pyridine rings is 1. The van der Waals surface area contributed by atoms with E-state index >= 15 is 0 Å². The summed E-state index contributed by atoms with van der Waals surface area (Å²) in [4.78, 5) is 13.3. The molecule has 0 aliphatic heterocycles. The summed E-state index contributed by atoms with van der Waals surface area (Å²) in [5.74, 6) is 1.16. The summed E-state index contributed by atoms with van der Waals surface area (Å²) in [5, 5.41) is 19.3. The highest BCUT2D eigenvalue weighted by molar-refractivity contribution is 6.31. The average molecular weight is 381 g/mol. The van der Waals surface area contributed by atoms with Gasteiger partial charge >= 0.3 is 0 Å². The molecule has 4 aromatic rings. The Morgan fingerprint density at radius 2 is 1.93 bits per heavy atom. The zero-order valence-electron chi connectivity index (χ0n) is 14.5. The van der Waals surface area contributed by atoms with E-state index in [1.165, 1.54) is 0 Å². The molecule has 0 aliphatic carbocycles. The number of aliphatic hydroxyl groups excluding tert-OH is 1. The third-order valence-corrected chi connectivity index (χ3v) is 4.60. The molecule has 0 saturated heterocycles. The summed E-state index contributed by atoms with van der Waals surface area (Å²) in [7, 11) is 1.83. The molecule has 0 radical (unpaired) electrons. The molecule has 0 bridgehead atoms. The van der Waals surface area contributed by atoms with Gasteiger partial charge in [0.2, 0.25) is 0 Å². The van der Waals surface area contributed by atoms with E-state index in [2.05, 4.69) is 25.4 Å². The maximum atomic E-state index is 10.5. The third kappa shape index (κ3) is 3.47. The number of hydrogen-bond acceptors (Lipinski definition) is 6. The van der Waals surface area contributed by atoms with E-state index in [9.17, 15) is 5.11 Å². The smallest absolute Gasteiger partial charge is 0.164 e. The Hall–Kier alpha value is -3.03. The molecule has 0 spiro atoms. The highest BCUT2D eigenvalue weighted by Crippen LogP contribution is 2.26. The lowest BCUT2D eigenvalue weighted by molar-refractivity contribution is 0.191. The summed E-state index contributed by atoms with van der Waals surface area (Å²) >= 11 is 6.17. The lowest BCUT2D eigenvalue weighted by Gasteiger charge is -2.15. The van der Waals surface area contributed by atoms with E-state index in [0.29, 0.717) is 27.9 Å². The first-order chi connectivity index (χ1) is 13.1. The maximum Gasteiger partial charge on any atom is 0.164 e. The van der Waals surface area contributed by atoms with E-state index in [4.69, 9.17) is 11.6 Å². The fourth-order valence-corrected chi connectivity index (χ4v) is 3.10. The first-order valence-electron chi connectivity index (χ1n) is 8.40. The van der Waals surface area contributed by atoms with Crippen LogP contribution in [0.1, 0.15) is 11.7 Å². The Morgan fingerprint density at radius 1 is 1.15 bits per heavy atom. The van der Waals surface area contributed by atoms with Crippen molar-refractivity contribution in [3.05, 3.63) is 65.6 Å². The molecule has 27 heavy (non-hydrogen) atoms. The Morgan fingerprint density at radius 3 is 2.70 bits per heavy atom. The molecule has 1 atom stereocenters. The average Bonchev–Trinajstić information content (AvgIpc) is 3.08. The monoisotopic (exact) mass is 380 g/mol. The number of nitrogens with one attached hydrogen (secondary N) is 1. The molecule has 4 rings (SSSR count). The van der Waals surface area contributed by atoms with Crippen LogP contribution in [0.5, 0.6) is 0 Å². The SMILES string of the molecule is Cn1ncc2c(NCC(O)c3ccccc3Cl)nc(-c3ccncc3)nc21. The summed E-state index contributed by atoms with van der Waals surface area (Å²) in [6.07, 6.45) is 4.32. The van der Waals surface area contributed by atoms with Gasteiger partial charge in [0.25, 0.3) is 0 Å².